The summed E-state index contributed by atoms with van der Waals surface area (Å²) in [6.45, 7) is 4.70. The second-order valence-corrected chi connectivity index (χ2v) is 13.6. The van der Waals surface area contributed by atoms with Gasteiger partial charge in [0.15, 0.2) is 0 Å². The van der Waals surface area contributed by atoms with E-state index in [1.807, 2.05) is 0 Å². The van der Waals surface area contributed by atoms with Gasteiger partial charge in [0.25, 0.3) is 16.0 Å². The number of hydrogen-bond donors (Lipinski definition) is 5. The van der Waals surface area contributed by atoms with Gasteiger partial charge in [-0.15, -0.1) is 15.3 Å². The van der Waals surface area contributed by atoms with Gasteiger partial charge in [-0.25, -0.2) is 4.79 Å². The van der Waals surface area contributed by atoms with E-state index in [9.17, 15) is 27.4 Å². The molecule has 18 nitrogen and oxygen atoms in total. The first-order chi connectivity index (χ1) is 27.1. The number of carbonyl (C=O) groups is 3. The van der Waals surface area contributed by atoms with Gasteiger partial charge in [0.2, 0.25) is 5.91 Å². The van der Waals surface area contributed by atoms with Crippen molar-refractivity contribution in [3.05, 3.63) is 107 Å². The highest BCUT2D eigenvalue weighted by molar-refractivity contribution is 7.86. The zero-order valence-electron chi connectivity index (χ0n) is 31.0. The minimum Gasteiger partial charge on any atom is -0.494 e. The molecule has 292 valence electrons. The molecular formula is C38H35N9O9S. The Kier molecular flexibility index (Phi) is 12.4. The van der Waals surface area contributed by atoms with Crippen LogP contribution in [0, 0.1) is 13.8 Å². The molecule has 2 amide bonds. The van der Waals surface area contributed by atoms with E-state index in [1.54, 1.807) is 56.3 Å². The molecule has 6 N–H and O–H groups in total. The molecule has 0 saturated heterocycles. The third kappa shape index (κ3) is 10.2. The third-order valence-corrected chi connectivity index (χ3v) is 8.90. The second kappa shape index (κ2) is 17.4. The van der Waals surface area contributed by atoms with Gasteiger partial charge in [0.1, 0.15) is 33.5 Å². The standard InChI is InChI=1S/C38H35N9O9S/c1-20-14-31(41-37(49)23-6-10-25(39)11-7-23)34(55-4)17-27(20)43-46-32-15-21(2)28(18-35(32)56-5)44-47-33-16-29(40-22(3)48)30(19-36(33)57(52,53)54)45-42-26-12-8-24(9-13-26)38(50)51/h6-19H,39H2,1-5H3,(H,40,48)(H,41,49)(H,50,51)(H,52,53,54). The van der Waals surface area contributed by atoms with Crippen molar-refractivity contribution in [2.24, 2.45) is 30.7 Å². The van der Waals surface area contributed by atoms with Crippen molar-refractivity contribution in [1.29, 1.82) is 0 Å². The number of methoxy groups -OCH3 is 2. The maximum Gasteiger partial charge on any atom is 0.335 e. The molecular weight excluding hydrogens is 759 g/mol. The number of rotatable bonds is 13. The summed E-state index contributed by atoms with van der Waals surface area (Å²) in [5, 5.41) is 39.6. The van der Waals surface area contributed by atoms with Crippen molar-refractivity contribution in [3.63, 3.8) is 0 Å². The van der Waals surface area contributed by atoms with Gasteiger partial charge in [-0.2, -0.15) is 23.8 Å². The summed E-state index contributed by atoms with van der Waals surface area (Å²) in [5.41, 5.74) is 9.00. The molecule has 0 unspecified atom stereocenters. The highest BCUT2D eigenvalue weighted by atomic mass is 32.2. The predicted molar refractivity (Wildman–Crippen MR) is 211 cm³/mol. The number of nitrogens with two attached hydrogens (primary N) is 1. The van der Waals surface area contributed by atoms with E-state index in [4.69, 9.17) is 20.3 Å². The molecule has 0 atom stereocenters. The van der Waals surface area contributed by atoms with Crippen molar-refractivity contribution in [3.8, 4) is 11.5 Å². The number of hydrogen-bond acceptors (Lipinski definition) is 14. The number of benzene rings is 5. The highest BCUT2D eigenvalue weighted by Gasteiger charge is 2.21. The molecule has 0 heterocycles. The topological polar surface area (TPSA) is 269 Å². The molecule has 0 spiro atoms. The Labute approximate surface area is 325 Å². The SMILES string of the molecule is COc1cc(N=Nc2cc(NC(C)=O)c(N=Nc3ccc(C(=O)O)cc3)cc2S(=O)(=O)O)c(C)cc1N=Nc1cc(OC)c(NC(=O)c2ccc(N)cc2)cc1C. The molecule has 0 aliphatic heterocycles. The Hall–Kier alpha value is -7.38. The predicted octanol–water partition coefficient (Wildman–Crippen LogP) is 9.30. The van der Waals surface area contributed by atoms with Crippen LogP contribution in [0.2, 0.25) is 0 Å². The quantitative estimate of drug-likeness (QED) is 0.0428. The van der Waals surface area contributed by atoms with Crippen molar-refractivity contribution in [1.82, 2.24) is 0 Å². The Balaban J connectivity index is 1.44. The molecule has 5 rings (SSSR count). The molecule has 19 heteroatoms. The maximum absolute atomic E-state index is 12.8. The fourth-order valence-electron chi connectivity index (χ4n) is 5.10. The number of anilines is 3. The minimum absolute atomic E-state index is 0.0102. The maximum atomic E-state index is 12.8. The van der Waals surface area contributed by atoms with Gasteiger partial charge < -0.3 is 30.9 Å². The summed E-state index contributed by atoms with van der Waals surface area (Å²) in [6, 6.07) is 20.4. The summed E-state index contributed by atoms with van der Waals surface area (Å²) >= 11 is 0. The first-order valence-corrected chi connectivity index (χ1v) is 18.1. The molecule has 0 bridgehead atoms. The number of nitrogens with zero attached hydrogens (tertiary/aromatic N) is 6. The third-order valence-electron chi connectivity index (χ3n) is 8.02. The molecule has 5 aromatic carbocycles. The second-order valence-electron chi connectivity index (χ2n) is 12.2. The fraction of sp³-hybridized carbons (Fsp3) is 0.132. The van der Waals surface area contributed by atoms with Crippen LogP contribution in [0.3, 0.4) is 0 Å². The van der Waals surface area contributed by atoms with Crippen LogP contribution in [0.1, 0.15) is 38.8 Å². The van der Waals surface area contributed by atoms with Crippen molar-refractivity contribution in [2.75, 3.05) is 30.6 Å². The van der Waals surface area contributed by atoms with E-state index < -0.39 is 26.9 Å². The number of aromatic carboxylic acids is 1. The lowest BCUT2D eigenvalue weighted by molar-refractivity contribution is -0.114. The van der Waals surface area contributed by atoms with Crippen molar-refractivity contribution >= 4 is 79.1 Å². The molecule has 0 aliphatic carbocycles. The van der Waals surface area contributed by atoms with Crippen LogP contribution in [0.15, 0.2) is 121 Å². The number of azo groups is 3. The van der Waals surface area contributed by atoms with Crippen LogP contribution >= 0.6 is 0 Å². The number of nitrogen functional groups attached to an aromatic ring is 1. The zero-order chi connectivity index (χ0) is 41.4. The van der Waals surface area contributed by atoms with E-state index >= 15 is 0 Å². The first-order valence-electron chi connectivity index (χ1n) is 16.6. The van der Waals surface area contributed by atoms with Gasteiger partial charge in [0.05, 0.1) is 48.2 Å². The number of aryl methyl sites for hydroxylation is 2. The van der Waals surface area contributed by atoms with E-state index in [1.165, 1.54) is 51.5 Å². The Morgan fingerprint density at radius 3 is 1.75 bits per heavy atom. The summed E-state index contributed by atoms with van der Waals surface area (Å²) in [6.07, 6.45) is 0. The van der Waals surface area contributed by atoms with Crippen LogP contribution in [0.5, 0.6) is 11.5 Å². The van der Waals surface area contributed by atoms with Crippen LogP contribution in [0.4, 0.5) is 51.2 Å². The number of ether oxygens (including phenoxy) is 2. The lowest BCUT2D eigenvalue weighted by Crippen LogP contribution is -2.12. The number of amides is 2. The molecule has 0 aromatic heterocycles. The highest BCUT2D eigenvalue weighted by Crippen LogP contribution is 2.41. The normalized spacial score (nSPS) is 11.6. The lowest BCUT2D eigenvalue weighted by atomic mass is 10.1. The van der Waals surface area contributed by atoms with Crippen LogP contribution in [-0.4, -0.2) is 50.1 Å². The molecule has 5 aromatic rings. The van der Waals surface area contributed by atoms with Gasteiger partial charge >= 0.3 is 5.97 Å². The van der Waals surface area contributed by atoms with E-state index in [-0.39, 0.29) is 45.7 Å². The number of nitrogens with one attached hydrogen (secondary N) is 2. The number of carbonyl (C=O) groups excluding carboxylic acids is 2. The first kappa shape index (κ1) is 40.8. The van der Waals surface area contributed by atoms with Gasteiger partial charge in [-0.3, -0.25) is 14.1 Å². The van der Waals surface area contributed by atoms with Gasteiger partial charge in [-0.05, 0) is 97.8 Å². The van der Waals surface area contributed by atoms with Crippen LogP contribution < -0.4 is 25.8 Å². The fourth-order valence-corrected chi connectivity index (χ4v) is 5.73. The Bertz CT molecular complexity index is 2580. The number of carboxylic acid groups (broad SMARTS) is 1. The summed E-state index contributed by atoms with van der Waals surface area (Å²) in [5.74, 6) is -1.46. The Morgan fingerprint density at radius 1 is 0.632 bits per heavy atom. The average molecular weight is 794 g/mol. The lowest BCUT2D eigenvalue weighted by Gasteiger charge is -2.13. The summed E-state index contributed by atoms with van der Waals surface area (Å²) in [7, 11) is -2.06. The minimum atomic E-state index is -4.92. The molecule has 0 saturated carbocycles. The molecule has 0 fully saturated rings. The molecule has 57 heavy (non-hydrogen) atoms. The van der Waals surface area contributed by atoms with Crippen LogP contribution in [-0.2, 0) is 14.9 Å². The monoisotopic (exact) mass is 793 g/mol. The van der Waals surface area contributed by atoms with Crippen LogP contribution in [0.25, 0.3) is 0 Å². The van der Waals surface area contributed by atoms with E-state index in [0.717, 1.165) is 12.1 Å². The van der Waals surface area contributed by atoms with E-state index in [2.05, 4.69) is 41.3 Å². The summed E-state index contributed by atoms with van der Waals surface area (Å²) in [4.78, 5) is 35.4. The van der Waals surface area contributed by atoms with Crippen molar-refractivity contribution < 1.29 is 41.9 Å². The Morgan fingerprint density at radius 2 is 1.18 bits per heavy atom. The smallest absolute Gasteiger partial charge is 0.335 e. The number of carboxylic acids is 1. The largest absolute Gasteiger partial charge is 0.494 e. The van der Waals surface area contributed by atoms with Crippen molar-refractivity contribution in [2.45, 2.75) is 25.7 Å². The van der Waals surface area contributed by atoms with E-state index in [0.29, 0.717) is 45.2 Å². The van der Waals surface area contributed by atoms with Gasteiger partial charge in [0, 0.05) is 30.3 Å². The zero-order valence-corrected chi connectivity index (χ0v) is 31.8. The average Bonchev–Trinajstić information content (AvgIpc) is 3.16. The summed E-state index contributed by atoms with van der Waals surface area (Å²) < 4.78 is 46.1. The molecule has 0 aliphatic rings. The van der Waals surface area contributed by atoms with Gasteiger partial charge in [-0.1, -0.05) is 0 Å². The molecule has 0 radical (unpaired) electrons.